The van der Waals surface area contributed by atoms with Crippen molar-refractivity contribution in [3.8, 4) is 0 Å². The summed E-state index contributed by atoms with van der Waals surface area (Å²) < 4.78 is 0. The maximum Gasteiger partial charge on any atom is 0.244 e. The Labute approximate surface area is 107 Å². The predicted octanol–water partition coefficient (Wildman–Crippen LogP) is 1.36. The monoisotopic (exact) mass is 246 g/mol. The van der Waals surface area contributed by atoms with Crippen LogP contribution in [0.1, 0.15) is 18.1 Å². The Balaban J connectivity index is 2.38. The third-order valence-corrected chi connectivity index (χ3v) is 3.30. The van der Waals surface area contributed by atoms with Gasteiger partial charge in [0.25, 0.3) is 0 Å². The number of carbonyl (C=O) groups is 2. The van der Waals surface area contributed by atoms with Gasteiger partial charge < -0.3 is 4.90 Å². The van der Waals surface area contributed by atoms with Gasteiger partial charge in [0.05, 0.1) is 6.42 Å². The smallest absolute Gasteiger partial charge is 0.244 e. The van der Waals surface area contributed by atoms with E-state index in [1.165, 1.54) is 4.90 Å². The Morgan fingerprint density at radius 3 is 2.67 bits per heavy atom. The summed E-state index contributed by atoms with van der Waals surface area (Å²) in [6.07, 6.45) is 0.390. The highest BCUT2D eigenvalue weighted by molar-refractivity contribution is 6.06. The van der Waals surface area contributed by atoms with Gasteiger partial charge >= 0.3 is 0 Å². The molecule has 0 spiro atoms. The predicted molar refractivity (Wildman–Crippen MR) is 70.5 cm³/mol. The highest BCUT2D eigenvalue weighted by Gasteiger charge is 2.34. The van der Waals surface area contributed by atoms with Crippen LogP contribution in [0.4, 0.5) is 5.69 Å². The normalized spacial score (nSPS) is 15.6. The average Bonchev–Trinajstić information content (AvgIpc) is 2.62. The SMILES string of the molecule is Cc1ccc2c(c1)N(C(C)C(=O)N(C)C)C(=O)C2. The fourth-order valence-electron chi connectivity index (χ4n) is 2.34. The minimum absolute atomic E-state index is 0.00157. The zero-order valence-corrected chi connectivity index (χ0v) is 11.2. The molecule has 1 aliphatic heterocycles. The van der Waals surface area contributed by atoms with Gasteiger partial charge in [-0.1, -0.05) is 12.1 Å². The van der Waals surface area contributed by atoms with Gasteiger partial charge in [0.1, 0.15) is 6.04 Å². The van der Waals surface area contributed by atoms with Crippen molar-refractivity contribution in [3.63, 3.8) is 0 Å². The van der Waals surface area contributed by atoms with Gasteiger partial charge in [-0.3, -0.25) is 14.5 Å². The summed E-state index contributed by atoms with van der Waals surface area (Å²) in [4.78, 5) is 27.2. The topological polar surface area (TPSA) is 40.6 Å². The molecule has 1 unspecified atom stereocenters. The van der Waals surface area contributed by atoms with E-state index in [0.717, 1.165) is 16.8 Å². The molecule has 1 aliphatic rings. The van der Waals surface area contributed by atoms with Crippen molar-refractivity contribution in [3.05, 3.63) is 29.3 Å². The molecule has 0 saturated heterocycles. The molecule has 0 radical (unpaired) electrons. The lowest BCUT2D eigenvalue weighted by molar-refractivity contribution is -0.131. The Bertz CT molecular complexity index is 509. The average molecular weight is 246 g/mol. The van der Waals surface area contributed by atoms with E-state index in [9.17, 15) is 9.59 Å². The van der Waals surface area contributed by atoms with Crippen LogP contribution in [0.5, 0.6) is 0 Å². The minimum atomic E-state index is -0.449. The van der Waals surface area contributed by atoms with E-state index in [-0.39, 0.29) is 11.8 Å². The molecule has 0 aromatic heterocycles. The first-order chi connectivity index (χ1) is 8.41. The number of rotatable bonds is 2. The lowest BCUT2D eigenvalue weighted by Gasteiger charge is -2.27. The molecule has 0 fully saturated rings. The molecule has 1 atom stereocenters. The van der Waals surface area contributed by atoms with E-state index < -0.39 is 6.04 Å². The number of amides is 2. The zero-order chi connectivity index (χ0) is 13.4. The van der Waals surface area contributed by atoms with Gasteiger partial charge in [0, 0.05) is 19.8 Å². The van der Waals surface area contributed by atoms with Gasteiger partial charge in [-0.15, -0.1) is 0 Å². The fraction of sp³-hybridized carbons (Fsp3) is 0.429. The summed E-state index contributed by atoms with van der Waals surface area (Å²) in [5.74, 6) is -0.0593. The summed E-state index contributed by atoms with van der Waals surface area (Å²) in [6, 6.07) is 5.49. The van der Waals surface area contributed by atoms with Gasteiger partial charge in [0.2, 0.25) is 11.8 Å². The maximum atomic E-state index is 12.1. The number of likely N-dealkylation sites (N-methyl/N-ethyl adjacent to an activating group) is 1. The molecule has 1 aromatic carbocycles. The summed E-state index contributed by atoms with van der Waals surface area (Å²) in [6.45, 7) is 3.76. The summed E-state index contributed by atoms with van der Waals surface area (Å²) >= 11 is 0. The van der Waals surface area contributed by atoms with Crippen LogP contribution in [0.15, 0.2) is 18.2 Å². The number of anilines is 1. The van der Waals surface area contributed by atoms with Crippen molar-refractivity contribution in [1.29, 1.82) is 0 Å². The zero-order valence-electron chi connectivity index (χ0n) is 11.2. The van der Waals surface area contributed by atoms with E-state index in [0.29, 0.717) is 6.42 Å². The fourth-order valence-corrected chi connectivity index (χ4v) is 2.34. The molecule has 0 saturated carbocycles. The Morgan fingerprint density at radius 1 is 1.39 bits per heavy atom. The first kappa shape index (κ1) is 12.6. The number of aryl methyl sites for hydroxylation is 1. The van der Waals surface area contributed by atoms with Gasteiger partial charge in [-0.2, -0.15) is 0 Å². The Morgan fingerprint density at radius 2 is 2.06 bits per heavy atom. The second-order valence-electron chi connectivity index (χ2n) is 4.98. The van der Waals surface area contributed by atoms with Crippen LogP contribution < -0.4 is 4.90 Å². The molecule has 1 aromatic rings. The molecule has 2 rings (SSSR count). The number of fused-ring (bicyclic) bond motifs is 1. The Hall–Kier alpha value is -1.84. The number of benzene rings is 1. The van der Waals surface area contributed by atoms with Crippen LogP contribution in [0.3, 0.4) is 0 Å². The first-order valence-electron chi connectivity index (χ1n) is 6.04. The molecule has 96 valence electrons. The molecular formula is C14H18N2O2. The lowest BCUT2D eigenvalue weighted by Crippen LogP contribution is -2.46. The largest absolute Gasteiger partial charge is 0.347 e. The molecule has 0 aliphatic carbocycles. The van der Waals surface area contributed by atoms with Crippen LogP contribution in [0.25, 0.3) is 0 Å². The molecule has 4 nitrogen and oxygen atoms in total. The first-order valence-corrected chi connectivity index (χ1v) is 6.04. The molecule has 2 amide bonds. The van der Waals surface area contributed by atoms with Crippen molar-refractivity contribution in [2.24, 2.45) is 0 Å². The highest BCUT2D eigenvalue weighted by Crippen LogP contribution is 2.31. The molecule has 0 bridgehead atoms. The second-order valence-corrected chi connectivity index (χ2v) is 4.98. The number of carbonyl (C=O) groups excluding carboxylic acids is 2. The summed E-state index contributed by atoms with van der Waals surface area (Å²) in [5.41, 5.74) is 2.98. The van der Waals surface area contributed by atoms with Crippen molar-refractivity contribution >= 4 is 17.5 Å². The van der Waals surface area contributed by atoms with E-state index in [1.54, 1.807) is 25.9 Å². The van der Waals surface area contributed by atoms with Gasteiger partial charge in [-0.05, 0) is 31.0 Å². The van der Waals surface area contributed by atoms with E-state index in [1.807, 2.05) is 25.1 Å². The van der Waals surface area contributed by atoms with Gasteiger partial charge in [-0.25, -0.2) is 0 Å². The minimum Gasteiger partial charge on any atom is -0.347 e. The molecule has 1 heterocycles. The standard InChI is InChI=1S/C14H18N2O2/c1-9-5-6-11-8-13(17)16(12(11)7-9)10(2)14(18)15(3)4/h5-7,10H,8H2,1-4H3. The van der Waals surface area contributed by atoms with Gasteiger partial charge in [0.15, 0.2) is 0 Å². The van der Waals surface area contributed by atoms with Crippen molar-refractivity contribution in [1.82, 2.24) is 4.90 Å². The second kappa shape index (κ2) is 4.44. The number of nitrogens with zero attached hydrogens (tertiary/aromatic N) is 2. The maximum absolute atomic E-state index is 12.1. The molecular weight excluding hydrogens is 228 g/mol. The van der Waals surface area contributed by atoms with E-state index in [2.05, 4.69) is 0 Å². The molecule has 18 heavy (non-hydrogen) atoms. The molecule has 0 N–H and O–H groups in total. The molecule has 4 heteroatoms. The van der Waals surface area contributed by atoms with Crippen LogP contribution in [0.2, 0.25) is 0 Å². The van der Waals surface area contributed by atoms with Crippen molar-refractivity contribution < 1.29 is 9.59 Å². The summed E-state index contributed by atoms with van der Waals surface area (Å²) in [7, 11) is 3.41. The highest BCUT2D eigenvalue weighted by atomic mass is 16.2. The van der Waals surface area contributed by atoms with Crippen LogP contribution in [-0.2, 0) is 16.0 Å². The van der Waals surface area contributed by atoms with Crippen molar-refractivity contribution in [2.45, 2.75) is 26.3 Å². The Kier molecular flexibility index (Phi) is 3.11. The van der Waals surface area contributed by atoms with Crippen LogP contribution in [0, 0.1) is 6.92 Å². The van der Waals surface area contributed by atoms with Crippen LogP contribution >= 0.6 is 0 Å². The number of hydrogen-bond acceptors (Lipinski definition) is 2. The lowest BCUT2D eigenvalue weighted by atomic mass is 10.1. The van der Waals surface area contributed by atoms with E-state index in [4.69, 9.17) is 0 Å². The quantitative estimate of drug-likeness (QED) is 0.790. The van der Waals surface area contributed by atoms with Crippen LogP contribution in [-0.4, -0.2) is 36.9 Å². The third-order valence-electron chi connectivity index (χ3n) is 3.30. The number of hydrogen-bond donors (Lipinski definition) is 0. The van der Waals surface area contributed by atoms with Crippen molar-refractivity contribution in [2.75, 3.05) is 19.0 Å². The van der Waals surface area contributed by atoms with E-state index >= 15 is 0 Å². The summed E-state index contributed by atoms with van der Waals surface area (Å²) in [5, 5.41) is 0. The third kappa shape index (κ3) is 1.98.